The predicted octanol–water partition coefficient (Wildman–Crippen LogP) is 4.11. The number of hydrogen-bond donors (Lipinski definition) is 1. The molecular weight excluding hydrogens is 426 g/mol. The summed E-state index contributed by atoms with van der Waals surface area (Å²) in [5.74, 6) is -0.495. The lowest BCUT2D eigenvalue weighted by molar-refractivity contribution is 0.102. The van der Waals surface area contributed by atoms with E-state index < -0.39 is 5.63 Å². The molecule has 1 heterocycles. The van der Waals surface area contributed by atoms with Crippen molar-refractivity contribution in [3.8, 4) is 5.75 Å². The molecule has 8 heteroatoms. The van der Waals surface area contributed by atoms with E-state index in [1.807, 2.05) is 18.7 Å². The van der Waals surface area contributed by atoms with E-state index in [9.17, 15) is 14.7 Å². The molecule has 0 saturated carbocycles. The van der Waals surface area contributed by atoms with E-state index in [4.69, 9.17) is 16.6 Å². The molecule has 2 rings (SSSR count). The summed E-state index contributed by atoms with van der Waals surface area (Å²) in [5, 5.41) is 10.8. The molecule has 0 spiro atoms. The average molecular weight is 444 g/mol. The minimum Gasteiger partial charge on any atom is -0.507 e. The van der Waals surface area contributed by atoms with E-state index in [0.717, 1.165) is 13.1 Å². The summed E-state index contributed by atoms with van der Waals surface area (Å²) in [6.45, 7) is 7.25. The number of ketones is 1. The number of phenolic OH excluding ortho intramolecular Hbond substituents is 1. The Balaban J connectivity index is 2.40. The Bertz CT molecular complexity index is 890. The lowest BCUT2D eigenvalue weighted by Crippen LogP contribution is -2.27. The van der Waals surface area contributed by atoms with Gasteiger partial charge in [0.2, 0.25) is 0 Å². The van der Waals surface area contributed by atoms with Gasteiger partial charge in [0.05, 0.1) is 5.75 Å². The van der Waals surface area contributed by atoms with Crippen LogP contribution in [0.5, 0.6) is 5.75 Å². The van der Waals surface area contributed by atoms with E-state index >= 15 is 0 Å². The highest BCUT2D eigenvalue weighted by atomic mass is 79.9. The molecule has 25 heavy (non-hydrogen) atoms. The number of phenols is 1. The van der Waals surface area contributed by atoms with Gasteiger partial charge >= 0.3 is 5.63 Å². The van der Waals surface area contributed by atoms with Crippen molar-refractivity contribution in [1.29, 1.82) is 0 Å². The second-order valence-corrected chi connectivity index (χ2v) is 7.72. The van der Waals surface area contributed by atoms with Gasteiger partial charge in [-0.3, -0.25) is 4.79 Å². The summed E-state index contributed by atoms with van der Waals surface area (Å²) >= 11 is 9.74. The van der Waals surface area contributed by atoms with Crippen LogP contribution in [-0.4, -0.2) is 39.0 Å². The number of benzene rings is 1. The number of carbonyl (C=O) groups excluding carboxylic acids is 1. The van der Waals surface area contributed by atoms with Crippen LogP contribution in [0.4, 0.5) is 0 Å². The van der Waals surface area contributed by atoms with Crippen molar-refractivity contribution in [3.63, 3.8) is 0 Å². The van der Waals surface area contributed by atoms with Crippen LogP contribution >= 0.6 is 39.9 Å². The number of fused-ring (bicyclic) bond motifs is 1. The van der Waals surface area contributed by atoms with Crippen molar-refractivity contribution in [2.75, 3.05) is 18.8 Å². The number of nitrogens with zero attached hydrogens (tertiary/aromatic N) is 1. The molecule has 0 aliphatic rings. The highest BCUT2D eigenvalue weighted by molar-refractivity contribution is 9.10. The number of aryl methyl sites for hydroxylation is 1. The first-order valence-corrected chi connectivity index (χ1v) is 9.90. The number of thiocarbonyl (C=S) groups is 1. The van der Waals surface area contributed by atoms with Gasteiger partial charge in [-0.2, -0.15) is 0 Å². The van der Waals surface area contributed by atoms with E-state index in [0.29, 0.717) is 19.7 Å². The summed E-state index contributed by atoms with van der Waals surface area (Å²) in [5.41, 5.74) is 0.188. The first-order chi connectivity index (χ1) is 11.8. The van der Waals surface area contributed by atoms with Gasteiger partial charge in [0, 0.05) is 18.5 Å². The van der Waals surface area contributed by atoms with Gasteiger partial charge in [-0.05, 0) is 54.4 Å². The third kappa shape index (κ3) is 4.07. The van der Waals surface area contributed by atoms with Crippen LogP contribution in [-0.2, 0) is 0 Å². The quantitative estimate of drug-likeness (QED) is 0.423. The molecule has 0 radical (unpaired) electrons. The molecular formula is C17H18BrNO4S2. The summed E-state index contributed by atoms with van der Waals surface area (Å²) in [6, 6.07) is 3.06. The second kappa shape index (κ2) is 8.33. The molecule has 5 nitrogen and oxygen atoms in total. The van der Waals surface area contributed by atoms with Gasteiger partial charge in [-0.15, -0.1) is 0 Å². The van der Waals surface area contributed by atoms with Gasteiger partial charge in [0.25, 0.3) is 0 Å². The summed E-state index contributed by atoms with van der Waals surface area (Å²) in [4.78, 5) is 26.6. The zero-order valence-electron chi connectivity index (χ0n) is 14.1. The SMILES string of the molecule is CCN(CC)C(=S)SCC(=O)c1c(O)ccc2c(C)c(Br)c(=O)oc12. The predicted molar refractivity (Wildman–Crippen MR) is 109 cm³/mol. The lowest BCUT2D eigenvalue weighted by atomic mass is 10.0. The van der Waals surface area contributed by atoms with Gasteiger partial charge in [0.15, 0.2) is 11.4 Å². The molecule has 0 fully saturated rings. The van der Waals surface area contributed by atoms with E-state index in [1.165, 1.54) is 17.8 Å². The fourth-order valence-corrected chi connectivity index (χ4v) is 3.99. The molecule has 0 amide bonds. The molecule has 0 aliphatic carbocycles. The Labute approximate surface area is 163 Å². The van der Waals surface area contributed by atoms with Crippen molar-refractivity contribution < 1.29 is 14.3 Å². The third-order valence-electron chi connectivity index (χ3n) is 3.87. The zero-order valence-corrected chi connectivity index (χ0v) is 17.3. The fraction of sp³-hybridized carbons (Fsp3) is 0.353. The first-order valence-electron chi connectivity index (χ1n) is 7.71. The Morgan fingerprint density at radius 1 is 1.36 bits per heavy atom. The van der Waals surface area contributed by atoms with Crippen molar-refractivity contribution in [3.05, 3.63) is 38.2 Å². The maximum absolute atomic E-state index is 12.7. The minimum absolute atomic E-state index is 0.0139. The highest BCUT2D eigenvalue weighted by Gasteiger charge is 2.21. The second-order valence-electron chi connectivity index (χ2n) is 5.31. The number of hydrogen-bond acceptors (Lipinski definition) is 6. The van der Waals surface area contributed by atoms with Crippen molar-refractivity contribution in [2.45, 2.75) is 20.8 Å². The lowest BCUT2D eigenvalue weighted by Gasteiger charge is -2.20. The Morgan fingerprint density at radius 3 is 2.60 bits per heavy atom. The van der Waals surface area contributed by atoms with Gasteiger partial charge in [-0.1, -0.05) is 24.0 Å². The molecule has 2 aromatic rings. The number of thioether (sulfide) groups is 1. The van der Waals surface area contributed by atoms with Crippen LogP contribution in [0.2, 0.25) is 0 Å². The summed E-state index contributed by atoms with van der Waals surface area (Å²) in [7, 11) is 0. The van der Waals surface area contributed by atoms with E-state index in [-0.39, 0.29) is 28.4 Å². The number of halogens is 1. The maximum Gasteiger partial charge on any atom is 0.350 e. The molecule has 0 saturated heterocycles. The largest absolute Gasteiger partial charge is 0.507 e. The zero-order chi connectivity index (χ0) is 18.7. The molecule has 134 valence electrons. The topological polar surface area (TPSA) is 70.8 Å². The molecule has 0 atom stereocenters. The first kappa shape index (κ1) is 19.9. The maximum atomic E-state index is 12.7. The van der Waals surface area contributed by atoms with Crippen LogP contribution in [0.1, 0.15) is 29.8 Å². The van der Waals surface area contributed by atoms with E-state index in [2.05, 4.69) is 15.9 Å². The van der Waals surface area contributed by atoms with Crippen LogP contribution < -0.4 is 5.63 Å². The Morgan fingerprint density at radius 2 is 2.00 bits per heavy atom. The number of Topliss-reactive ketones (excluding diaryl/α,β-unsaturated/α-hetero) is 1. The molecule has 1 aromatic heterocycles. The Hall–Kier alpha value is -1.38. The highest BCUT2D eigenvalue weighted by Crippen LogP contribution is 2.31. The average Bonchev–Trinajstić information content (AvgIpc) is 2.58. The van der Waals surface area contributed by atoms with Gasteiger partial charge in [-0.25, -0.2) is 4.79 Å². The smallest absolute Gasteiger partial charge is 0.350 e. The van der Waals surface area contributed by atoms with Crippen molar-refractivity contribution in [1.82, 2.24) is 4.90 Å². The fourth-order valence-electron chi connectivity index (χ4n) is 2.42. The Kier molecular flexibility index (Phi) is 6.65. The summed E-state index contributed by atoms with van der Waals surface area (Å²) < 4.78 is 6.20. The number of carbonyl (C=O) groups is 1. The molecule has 0 unspecified atom stereocenters. The monoisotopic (exact) mass is 443 g/mol. The van der Waals surface area contributed by atoms with Gasteiger partial charge < -0.3 is 14.4 Å². The summed E-state index contributed by atoms with van der Waals surface area (Å²) in [6.07, 6.45) is 0. The van der Waals surface area contributed by atoms with E-state index in [1.54, 1.807) is 13.0 Å². The van der Waals surface area contributed by atoms with Crippen molar-refractivity contribution in [2.24, 2.45) is 0 Å². The standard InChI is InChI=1S/C17H18BrNO4S2/c1-4-19(5-2)17(24)25-8-12(21)13-11(20)7-6-10-9(3)14(18)16(22)23-15(10)13/h6-7,20H,4-5,8H2,1-3H3. The van der Waals surface area contributed by atoms with Gasteiger partial charge in [0.1, 0.15) is 20.1 Å². The molecule has 1 aromatic carbocycles. The third-order valence-corrected chi connectivity index (χ3v) is 6.31. The number of aromatic hydroxyl groups is 1. The van der Waals surface area contributed by atoms with Crippen LogP contribution in [0.15, 0.2) is 25.8 Å². The molecule has 0 aliphatic heterocycles. The number of rotatable bonds is 5. The molecule has 1 N–H and O–H groups in total. The van der Waals surface area contributed by atoms with Crippen LogP contribution in [0.3, 0.4) is 0 Å². The van der Waals surface area contributed by atoms with Crippen LogP contribution in [0.25, 0.3) is 11.0 Å². The van der Waals surface area contributed by atoms with Crippen molar-refractivity contribution >= 4 is 61.0 Å². The normalized spacial score (nSPS) is 10.9. The molecule has 0 bridgehead atoms. The minimum atomic E-state index is -0.587. The van der Waals surface area contributed by atoms with Crippen LogP contribution in [0, 0.1) is 6.92 Å².